The minimum Gasteiger partial charge on any atom is -0.268 e. The molecule has 116 valence electrons. The van der Waals surface area contributed by atoms with Crippen molar-refractivity contribution in [3.05, 3.63) is 44.3 Å². The van der Waals surface area contributed by atoms with Gasteiger partial charge in [0, 0.05) is 17.7 Å². The van der Waals surface area contributed by atoms with Gasteiger partial charge < -0.3 is 0 Å². The highest BCUT2D eigenvalue weighted by Gasteiger charge is 2.37. The Labute approximate surface area is 132 Å². The number of hydrogen-bond donors (Lipinski definition) is 0. The second-order valence-electron chi connectivity index (χ2n) is 5.11. The van der Waals surface area contributed by atoms with E-state index in [-0.39, 0.29) is 22.9 Å². The molecule has 0 unspecified atom stereocenters. The van der Waals surface area contributed by atoms with Crippen molar-refractivity contribution in [3.8, 4) is 0 Å². The average Bonchev–Trinajstić information content (AvgIpc) is 2.74. The monoisotopic (exact) mass is 320 g/mol. The number of carbonyl (C=O) groups excluding carboxylic acids is 2. The predicted octanol–water partition coefficient (Wildman–Crippen LogP) is 3.74. The van der Waals surface area contributed by atoms with Gasteiger partial charge in [0.25, 0.3) is 16.8 Å². The van der Waals surface area contributed by atoms with Gasteiger partial charge in [-0.15, -0.1) is 0 Å². The van der Waals surface area contributed by atoms with Crippen molar-refractivity contribution in [2.75, 3.05) is 0 Å². The number of nitrogens with zero attached hydrogens (tertiary/aromatic N) is 2. The third kappa shape index (κ3) is 3.04. The second-order valence-corrected chi connectivity index (χ2v) is 6.11. The van der Waals surface area contributed by atoms with Gasteiger partial charge in [-0.2, -0.15) is 0 Å². The lowest BCUT2D eigenvalue weighted by Crippen LogP contribution is -2.36. The first-order valence-corrected chi connectivity index (χ1v) is 7.69. The van der Waals surface area contributed by atoms with Gasteiger partial charge in [0.1, 0.15) is 0 Å². The van der Waals surface area contributed by atoms with E-state index in [0.717, 1.165) is 11.8 Å². The Morgan fingerprint density at radius 2 is 2.09 bits per heavy atom. The molecule has 1 saturated heterocycles. The van der Waals surface area contributed by atoms with Crippen molar-refractivity contribution in [1.29, 1.82) is 0 Å². The Bertz CT molecular complexity index is 684. The summed E-state index contributed by atoms with van der Waals surface area (Å²) in [4.78, 5) is 36.2. The molecule has 1 aliphatic heterocycles. The van der Waals surface area contributed by atoms with E-state index in [4.69, 9.17) is 0 Å². The fourth-order valence-electron chi connectivity index (χ4n) is 2.11. The normalized spacial score (nSPS) is 18.1. The molecule has 1 atom stereocenters. The Morgan fingerprint density at radius 1 is 1.41 bits per heavy atom. The number of aryl methyl sites for hydroxylation is 1. The average molecular weight is 320 g/mol. The van der Waals surface area contributed by atoms with Crippen molar-refractivity contribution in [2.45, 2.75) is 33.2 Å². The van der Waals surface area contributed by atoms with Crippen molar-refractivity contribution in [1.82, 2.24) is 4.90 Å². The number of thioether (sulfide) groups is 1. The molecule has 1 aromatic carbocycles. The summed E-state index contributed by atoms with van der Waals surface area (Å²) in [5.41, 5.74) is 1.08. The largest absolute Gasteiger partial charge is 0.293 e. The molecule has 1 aromatic rings. The Kier molecular flexibility index (Phi) is 4.65. The highest BCUT2D eigenvalue weighted by atomic mass is 32.2. The van der Waals surface area contributed by atoms with Gasteiger partial charge in [-0.05, 0) is 43.7 Å². The van der Waals surface area contributed by atoms with Crippen LogP contribution in [0.5, 0.6) is 0 Å². The fourth-order valence-corrected chi connectivity index (χ4v) is 3.04. The van der Waals surface area contributed by atoms with Gasteiger partial charge >= 0.3 is 0 Å². The molecule has 2 amide bonds. The predicted molar refractivity (Wildman–Crippen MR) is 85.4 cm³/mol. The van der Waals surface area contributed by atoms with E-state index in [1.54, 1.807) is 19.1 Å². The van der Waals surface area contributed by atoms with E-state index >= 15 is 0 Å². The van der Waals surface area contributed by atoms with Gasteiger partial charge in [0.15, 0.2) is 0 Å². The van der Waals surface area contributed by atoms with Crippen LogP contribution in [0.3, 0.4) is 0 Å². The summed E-state index contributed by atoms with van der Waals surface area (Å²) in [5, 5.41) is 10.7. The second kappa shape index (κ2) is 6.31. The molecule has 0 bridgehead atoms. The third-order valence-corrected chi connectivity index (χ3v) is 4.47. The van der Waals surface area contributed by atoms with Crippen LogP contribution in [0.15, 0.2) is 23.1 Å². The molecular weight excluding hydrogens is 304 g/mol. The van der Waals surface area contributed by atoms with Gasteiger partial charge in [-0.25, -0.2) is 0 Å². The number of imide groups is 1. The molecule has 1 fully saturated rings. The van der Waals surface area contributed by atoms with Gasteiger partial charge in [0.2, 0.25) is 0 Å². The molecule has 7 heteroatoms. The summed E-state index contributed by atoms with van der Waals surface area (Å²) in [5.74, 6) is -0.340. The van der Waals surface area contributed by atoms with Gasteiger partial charge in [-0.1, -0.05) is 19.1 Å². The molecular formula is C15H16N2O4S. The van der Waals surface area contributed by atoms with E-state index in [1.165, 1.54) is 17.0 Å². The van der Waals surface area contributed by atoms with Crippen LogP contribution < -0.4 is 0 Å². The lowest BCUT2D eigenvalue weighted by Gasteiger charge is -2.19. The molecule has 6 nitrogen and oxygen atoms in total. The maximum atomic E-state index is 12.3. The summed E-state index contributed by atoms with van der Waals surface area (Å²) in [6, 6.07) is 4.57. The van der Waals surface area contributed by atoms with Crippen molar-refractivity contribution in [3.63, 3.8) is 0 Å². The van der Waals surface area contributed by atoms with Crippen LogP contribution in [0.4, 0.5) is 10.5 Å². The topological polar surface area (TPSA) is 80.5 Å². The zero-order chi connectivity index (χ0) is 16.4. The number of carbonyl (C=O) groups is 2. The van der Waals surface area contributed by atoms with Crippen LogP contribution in [-0.4, -0.2) is 27.0 Å². The minimum atomic E-state index is -0.461. The Hall–Kier alpha value is -2.15. The molecule has 0 aliphatic carbocycles. The maximum Gasteiger partial charge on any atom is 0.293 e. The number of nitro groups is 1. The van der Waals surface area contributed by atoms with Crippen molar-refractivity contribution >= 4 is 34.7 Å². The van der Waals surface area contributed by atoms with Crippen LogP contribution in [-0.2, 0) is 4.79 Å². The van der Waals surface area contributed by atoms with Crippen LogP contribution in [0.25, 0.3) is 6.08 Å². The standard InChI is InChI=1S/C15H16N2O4S/c1-4-10(3)16-14(18)13(22-15(16)19)8-11-6-5-9(2)12(7-11)17(20)21/h5-8,10H,4H2,1-3H3/b13-8+/t10-/m0/s1. The summed E-state index contributed by atoms with van der Waals surface area (Å²) in [7, 11) is 0. The van der Waals surface area contributed by atoms with E-state index in [2.05, 4.69) is 0 Å². The highest BCUT2D eigenvalue weighted by Crippen LogP contribution is 2.34. The lowest BCUT2D eigenvalue weighted by molar-refractivity contribution is -0.385. The molecule has 0 saturated carbocycles. The van der Waals surface area contributed by atoms with Gasteiger partial charge in [-0.3, -0.25) is 24.6 Å². The molecule has 0 N–H and O–H groups in total. The van der Waals surface area contributed by atoms with Crippen molar-refractivity contribution in [2.24, 2.45) is 0 Å². The van der Waals surface area contributed by atoms with E-state index < -0.39 is 4.92 Å². The molecule has 0 radical (unpaired) electrons. The smallest absolute Gasteiger partial charge is 0.268 e. The van der Waals surface area contributed by atoms with E-state index in [9.17, 15) is 19.7 Å². The summed E-state index contributed by atoms with van der Waals surface area (Å²) < 4.78 is 0. The summed E-state index contributed by atoms with van der Waals surface area (Å²) in [6.07, 6.45) is 2.21. The summed E-state index contributed by atoms with van der Waals surface area (Å²) >= 11 is 0.867. The Morgan fingerprint density at radius 3 is 2.68 bits per heavy atom. The van der Waals surface area contributed by atoms with E-state index in [1.807, 2.05) is 13.8 Å². The first kappa shape index (κ1) is 16.2. The van der Waals surface area contributed by atoms with Crippen LogP contribution in [0.2, 0.25) is 0 Å². The first-order valence-electron chi connectivity index (χ1n) is 6.87. The van der Waals surface area contributed by atoms with Gasteiger partial charge in [0.05, 0.1) is 9.83 Å². The quantitative estimate of drug-likeness (QED) is 0.479. The van der Waals surface area contributed by atoms with Crippen LogP contribution in [0.1, 0.15) is 31.4 Å². The fraction of sp³-hybridized carbons (Fsp3) is 0.333. The van der Waals surface area contributed by atoms with Crippen molar-refractivity contribution < 1.29 is 14.5 Å². The molecule has 0 aromatic heterocycles. The van der Waals surface area contributed by atoms with E-state index in [0.29, 0.717) is 22.5 Å². The maximum absolute atomic E-state index is 12.3. The molecule has 1 aliphatic rings. The summed E-state index contributed by atoms with van der Waals surface area (Å²) in [6.45, 7) is 5.37. The number of benzene rings is 1. The number of amides is 2. The zero-order valence-corrected chi connectivity index (χ0v) is 13.3. The lowest BCUT2D eigenvalue weighted by atomic mass is 10.1. The zero-order valence-electron chi connectivity index (χ0n) is 12.5. The molecule has 1 heterocycles. The Balaban J connectivity index is 2.35. The minimum absolute atomic E-state index is 0.00472. The molecule has 22 heavy (non-hydrogen) atoms. The number of rotatable bonds is 4. The number of nitro benzene ring substituents is 1. The highest BCUT2D eigenvalue weighted by molar-refractivity contribution is 8.18. The molecule has 0 spiro atoms. The first-order chi connectivity index (χ1) is 10.3. The molecule has 2 rings (SSSR count). The van der Waals surface area contributed by atoms with Crippen LogP contribution in [0, 0.1) is 17.0 Å². The number of hydrogen-bond acceptors (Lipinski definition) is 5. The van der Waals surface area contributed by atoms with Crippen LogP contribution >= 0.6 is 11.8 Å². The third-order valence-electron chi connectivity index (χ3n) is 3.58. The SMILES string of the molecule is CC[C@H](C)N1C(=O)S/C(=C/c2ccc(C)c([N+](=O)[O-])c2)C1=O.